The fourth-order valence-electron chi connectivity index (χ4n) is 2.67. The Hall–Kier alpha value is -1.39. The molecule has 1 unspecified atom stereocenters. The van der Waals surface area contributed by atoms with Crippen LogP contribution >= 0.6 is 0 Å². The van der Waals surface area contributed by atoms with Crippen molar-refractivity contribution in [3.05, 3.63) is 35.4 Å². The Balaban J connectivity index is 1.87. The number of carbonyl (C=O) groups is 1. The van der Waals surface area contributed by atoms with Crippen LogP contribution in [-0.2, 0) is 17.9 Å². The van der Waals surface area contributed by atoms with E-state index in [0.717, 1.165) is 18.0 Å². The first kappa shape index (κ1) is 16.0. The minimum Gasteiger partial charge on any atom is -0.351 e. The van der Waals surface area contributed by atoms with Crippen molar-refractivity contribution in [2.24, 2.45) is 11.7 Å². The van der Waals surface area contributed by atoms with E-state index in [0.29, 0.717) is 6.54 Å². The molecule has 0 aliphatic carbocycles. The first-order valence-electron chi connectivity index (χ1n) is 7.88. The van der Waals surface area contributed by atoms with Gasteiger partial charge in [0.15, 0.2) is 0 Å². The molecule has 0 radical (unpaired) electrons. The van der Waals surface area contributed by atoms with Gasteiger partial charge in [0.1, 0.15) is 0 Å². The van der Waals surface area contributed by atoms with Crippen LogP contribution in [-0.4, -0.2) is 29.9 Å². The van der Waals surface area contributed by atoms with E-state index >= 15 is 0 Å². The molecule has 0 spiro atoms. The molecule has 1 amide bonds. The predicted molar refractivity (Wildman–Crippen MR) is 85.6 cm³/mol. The van der Waals surface area contributed by atoms with Gasteiger partial charge in [0.05, 0.1) is 6.04 Å². The van der Waals surface area contributed by atoms with Gasteiger partial charge in [-0.3, -0.25) is 9.69 Å². The topological polar surface area (TPSA) is 58.4 Å². The first-order chi connectivity index (χ1) is 10.0. The zero-order valence-electron chi connectivity index (χ0n) is 13.1. The van der Waals surface area contributed by atoms with Gasteiger partial charge in [0.25, 0.3) is 0 Å². The molecule has 1 aliphatic heterocycles. The maximum Gasteiger partial charge on any atom is 0.236 e. The van der Waals surface area contributed by atoms with Crippen LogP contribution in [0.15, 0.2) is 24.3 Å². The van der Waals surface area contributed by atoms with Crippen LogP contribution in [0.4, 0.5) is 0 Å². The van der Waals surface area contributed by atoms with Gasteiger partial charge in [0, 0.05) is 13.1 Å². The molecule has 4 heteroatoms. The van der Waals surface area contributed by atoms with E-state index in [9.17, 15) is 4.79 Å². The third-order valence-corrected chi connectivity index (χ3v) is 4.15. The second kappa shape index (κ2) is 7.57. The van der Waals surface area contributed by atoms with E-state index in [4.69, 9.17) is 5.73 Å². The molecule has 3 N–H and O–H groups in total. The molecule has 0 saturated carbocycles. The number of hydrogen-bond donors (Lipinski definition) is 2. The van der Waals surface area contributed by atoms with Gasteiger partial charge in [-0.05, 0) is 49.9 Å². The summed E-state index contributed by atoms with van der Waals surface area (Å²) >= 11 is 0. The lowest BCUT2D eigenvalue weighted by molar-refractivity contribution is -0.122. The minimum atomic E-state index is -0.455. The molecule has 1 heterocycles. The quantitative estimate of drug-likeness (QED) is 0.870. The van der Waals surface area contributed by atoms with E-state index < -0.39 is 6.04 Å². The number of piperidine rings is 1. The van der Waals surface area contributed by atoms with Gasteiger partial charge in [-0.25, -0.2) is 0 Å². The molecule has 0 bridgehead atoms. The van der Waals surface area contributed by atoms with Crippen molar-refractivity contribution in [3.63, 3.8) is 0 Å². The summed E-state index contributed by atoms with van der Waals surface area (Å²) in [5, 5.41) is 2.86. The second-order valence-corrected chi connectivity index (χ2v) is 6.29. The second-order valence-electron chi connectivity index (χ2n) is 6.29. The van der Waals surface area contributed by atoms with Crippen molar-refractivity contribution in [3.8, 4) is 0 Å². The van der Waals surface area contributed by atoms with Crippen molar-refractivity contribution in [2.45, 2.75) is 45.8 Å². The number of amides is 1. The number of benzene rings is 1. The van der Waals surface area contributed by atoms with Crippen LogP contribution in [0, 0.1) is 5.92 Å². The van der Waals surface area contributed by atoms with Crippen LogP contribution < -0.4 is 11.1 Å². The average Bonchev–Trinajstić information content (AvgIpc) is 2.47. The number of nitrogens with one attached hydrogen (secondary N) is 1. The molecule has 0 aromatic heterocycles. The Kier molecular flexibility index (Phi) is 5.76. The number of rotatable bonds is 5. The number of nitrogens with zero attached hydrogens (tertiary/aromatic N) is 1. The number of nitrogens with two attached hydrogens (primary N) is 1. The summed E-state index contributed by atoms with van der Waals surface area (Å²) in [6.07, 6.45) is 2.59. The number of hydrogen-bond acceptors (Lipinski definition) is 3. The van der Waals surface area contributed by atoms with Gasteiger partial charge in [-0.15, -0.1) is 0 Å². The Labute approximate surface area is 127 Å². The monoisotopic (exact) mass is 289 g/mol. The zero-order chi connectivity index (χ0) is 15.2. The van der Waals surface area contributed by atoms with Crippen molar-refractivity contribution < 1.29 is 4.79 Å². The highest BCUT2D eigenvalue weighted by molar-refractivity contribution is 5.80. The largest absolute Gasteiger partial charge is 0.351 e. The first-order valence-corrected chi connectivity index (χ1v) is 7.88. The lowest BCUT2D eigenvalue weighted by Crippen LogP contribution is -2.37. The maximum absolute atomic E-state index is 11.5. The Morgan fingerprint density at radius 3 is 2.71 bits per heavy atom. The van der Waals surface area contributed by atoms with Crippen molar-refractivity contribution in [1.29, 1.82) is 0 Å². The molecule has 21 heavy (non-hydrogen) atoms. The van der Waals surface area contributed by atoms with Crippen LogP contribution in [0.3, 0.4) is 0 Å². The minimum absolute atomic E-state index is 0.106. The molecule has 116 valence electrons. The van der Waals surface area contributed by atoms with Gasteiger partial charge < -0.3 is 11.1 Å². The average molecular weight is 289 g/mol. The van der Waals surface area contributed by atoms with E-state index in [2.05, 4.69) is 35.3 Å². The van der Waals surface area contributed by atoms with Crippen molar-refractivity contribution in [2.75, 3.05) is 13.1 Å². The highest BCUT2D eigenvalue weighted by atomic mass is 16.2. The summed E-state index contributed by atoms with van der Waals surface area (Å²) in [6, 6.07) is 8.00. The molecule has 1 atom stereocenters. The molecular weight excluding hydrogens is 262 g/mol. The normalized spacial score (nSPS) is 18.4. The van der Waals surface area contributed by atoms with E-state index in [1.165, 1.54) is 31.5 Å². The standard InChI is InChI=1S/C17H27N3O/c1-13-6-8-20(9-7-13)12-16-5-3-4-15(10-16)11-19-17(21)14(2)18/h3-5,10,13-14H,6-9,11-12,18H2,1-2H3,(H,19,21). The molecular formula is C17H27N3O. The van der Waals surface area contributed by atoms with Gasteiger partial charge in [-0.2, -0.15) is 0 Å². The molecule has 2 rings (SSSR count). The Morgan fingerprint density at radius 1 is 1.38 bits per heavy atom. The fraction of sp³-hybridized carbons (Fsp3) is 0.588. The van der Waals surface area contributed by atoms with Crippen molar-refractivity contribution >= 4 is 5.91 Å². The Morgan fingerprint density at radius 2 is 2.05 bits per heavy atom. The zero-order valence-corrected chi connectivity index (χ0v) is 13.1. The fourth-order valence-corrected chi connectivity index (χ4v) is 2.67. The van der Waals surface area contributed by atoms with Gasteiger partial charge in [0.2, 0.25) is 5.91 Å². The third kappa shape index (κ3) is 5.14. The molecule has 1 fully saturated rings. The van der Waals surface area contributed by atoms with Gasteiger partial charge in [-0.1, -0.05) is 31.2 Å². The van der Waals surface area contributed by atoms with Crippen LogP contribution in [0.5, 0.6) is 0 Å². The Bertz CT molecular complexity index is 465. The molecule has 1 aromatic carbocycles. The highest BCUT2D eigenvalue weighted by Gasteiger charge is 2.15. The van der Waals surface area contributed by atoms with E-state index in [1.54, 1.807) is 6.92 Å². The lowest BCUT2D eigenvalue weighted by Gasteiger charge is -2.30. The maximum atomic E-state index is 11.5. The third-order valence-electron chi connectivity index (χ3n) is 4.15. The molecule has 1 saturated heterocycles. The number of carbonyl (C=O) groups excluding carboxylic acids is 1. The summed E-state index contributed by atoms with van der Waals surface area (Å²) in [4.78, 5) is 14.0. The highest BCUT2D eigenvalue weighted by Crippen LogP contribution is 2.18. The van der Waals surface area contributed by atoms with Crippen molar-refractivity contribution in [1.82, 2.24) is 10.2 Å². The number of likely N-dealkylation sites (tertiary alicyclic amines) is 1. The van der Waals surface area contributed by atoms with E-state index in [-0.39, 0.29) is 5.91 Å². The predicted octanol–water partition coefficient (Wildman–Crippen LogP) is 1.88. The molecule has 1 aromatic rings. The van der Waals surface area contributed by atoms with Crippen LogP contribution in [0.25, 0.3) is 0 Å². The van der Waals surface area contributed by atoms with E-state index in [1.807, 2.05) is 6.07 Å². The summed E-state index contributed by atoms with van der Waals surface area (Å²) in [5.74, 6) is 0.756. The SMILES string of the molecule is CC1CCN(Cc2cccc(CNC(=O)C(C)N)c2)CC1. The van der Waals surface area contributed by atoms with Crippen LogP contribution in [0.2, 0.25) is 0 Å². The summed E-state index contributed by atoms with van der Waals surface area (Å²) in [5.41, 5.74) is 7.99. The molecule has 4 nitrogen and oxygen atoms in total. The smallest absolute Gasteiger partial charge is 0.236 e. The molecule has 1 aliphatic rings. The summed E-state index contributed by atoms with van der Waals surface area (Å²) < 4.78 is 0. The summed E-state index contributed by atoms with van der Waals surface area (Å²) in [6.45, 7) is 7.95. The summed E-state index contributed by atoms with van der Waals surface area (Å²) in [7, 11) is 0. The van der Waals surface area contributed by atoms with Gasteiger partial charge >= 0.3 is 0 Å². The lowest BCUT2D eigenvalue weighted by atomic mass is 9.98. The van der Waals surface area contributed by atoms with Crippen LogP contribution in [0.1, 0.15) is 37.8 Å².